The highest BCUT2D eigenvalue weighted by atomic mass is 16.5. The Morgan fingerprint density at radius 2 is 1.50 bits per heavy atom. The molecule has 0 aromatic heterocycles. The number of nitrogens with zero attached hydrogens (tertiary/aromatic N) is 3. The second-order valence-electron chi connectivity index (χ2n) is 7.76. The van der Waals surface area contributed by atoms with Crippen molar-refractivity contribution in [2.45, 2.75) is 6.42 Å². The van der Waals surface area contributed by atoms with Crippen molar-refractivity contribution in [2.24, 2.45) is 0 Å². The van der Waals surface area contributed by atoms with Crippen LogP contribution in [0.1, 0.15) is 11.1 Å². The Hall–Kier alpha value is -3.82. The smallest absolute Gasteiger partial charge is 0.321 e. The molecule has 3 aromatic rings. The summed E-state index contributed by atoms with van der Waals surface area (Å²) in [6, 6.07) is 26.7. The van der Waals surface area contributed by atoms with Gasteiger partial charge >= 0.3 is 6.03 Å². The van der Waals surface area contributed by atoms with Crippen molar-refractivity contribution in [1.29, 1.82) is 5.26 Å². The van der Waals surface area contributed by atoms with Crippen molar-refractivity contribution in [3.8, 4) is 17.6 Å². The van der Waals surface area contributed by atoms with Gasteiger partial charge in [0.2, 0.25) is 0 Å². The molecule has 0 aliphatic carbocycles. The summed E-state index contributed by atoms with van der Waals surface area (Å²) < 4.78 is 5.78. The molecule has 1 heterocycles. The minimum absolute atomic E-state index is 0.0755. The Labute approximate surface area is 188 Å². The Bertz CT molecular complexity index is 1050. The fourth-order valence-corrected chi connectivity index (χ4v) is 3.65. The van der Waals surface area contributed by atoms with Gasteiger partial charge in [-0.3, -0.25) is 4.90 Å². The lowest BCUT2D eigenvalue weighted by atomic mass is 10.1. The molecule has 1 N–H and O–H groups in total. The Balaban J connectivity index is 1.22. The summed E-state index contributed by atoms with van der Waals surface area (Å²) in [6.45, 7) is 4.23. The number of anilines is 1. The fourth-order valence-electron chi connectivity index (χ4n) is 3.65. The zero-order valence-corrected chi connectivity index (χ0v) is 17.9. The summed E-state index contributed by atoms with van der Waals surface area (Å²) in [7, 11) is 0. The molecular formula is C26H26N4O2. The molecule has 162 valence electrons. The molecule has 32 heavy (non-hydrogen) atoms. The second-order valence-corrected chi connectivity index (χ2v) is 7.76. The van der Waals surface area contributed by atoms with E-state index in [0.717, 1.165) is 44.8 Å². The van der Waals surface area contributed by atoms with Crippen LogP contribution < -0.4 is 10.1 Å². The Morgan fingerprint density at radius 3 is 2.12 bits per heavy atom. The molecular weight excluding hydrogens is 400 g/mol. The summed E-state index contributed by atoms with van der Waals surface area (Å²) in [5.41, 5.74) is 2.67. The first-order valence-corrected chi connectivity index (χ1v) is 10.8. The normalized spacial score (nSPS) is 13.9. The molecule has 6 heteroatoms. The first-order chi connectivity index (χ1) is 15.7. The molecule has 6 nitrogen and oxygen atoms in total. The largest absolute Gasteiger partial charge is 0.457 e. The highest BCUT2D eigenvalue weighted by Gasteiger charge is 2.20. The van der Waals surface area contributed by atoms with Crippen LogP contribution in [0.25, 0.3) is 0 Å². The topological polar surface area (TPSA) is 68.6 Å². The lowest BCUT2D eigenvalue weighted by molar-refractivity contribution is 0.148. The van der Waals surface area contributed by atoms with E-state index in [9.17, 15) is 4.79 Å². The summed E-state index contributed by atoms with van der Waals surface area (Å²) in [6.07, 6.45) is 1.03. The number of nitrogens with one attached hydrogen (secondary N) is 1. The van der Waals surface area contributed by atoms with E-state index >= 15 is 0 Å². The van der Waals surface area contributed by atoms with E-state index in [1.165, 1.54) is 5.56 Å². The molecule has 0 spiro atoms. The maximum atomic E-state index is 12.6. The van der Waals surface area contributed by atoms with E-state index in [1.807, 2.05) is 35.2 Å². The number of piperazine rings is 1. The third kappa shape index (κ3) is 5.87. The molecule has 0 atom stereocenters. The van der Waals surface area contributed by atoms with Crippen molar-refractivity contribution < 1.29 is 9.53 Å². The summed E-state index contributed by atoms with van der Waals surface area (Å²) in [4.78, 5) is 16.9. The Kier molecular flexibility index (Phi) is 7.01. The first kappa shape index (κ1) is 21.4. The quantitative estimate of drug-likeness (QED) is 0.618. The molecule has 1 fully saturated rings. The van der Waals surface area contributed by atoms with Crippen LogP contribution in [0, 0.1) is 11.3 Å². The van der Waals surface area contributed by atoms with Crippen LogP contribution in [0.3, 0.4) is 0 Å². The van der Waals surface area contributed by atoms with Crippen LogP contribution in [0.4, 0.5) is 10.5 Å². The zero-order chi connectivity index (χ0) is 22.2. The summed E-state index contributed by atoms with van der Waals surface area (Å²) in [5, 5.41) is 11.8. The van der Waals surface area contributed by atoms with Crippen molar-refractivity contribution in [3.63, 3.8) is 0 Å². The highest BCUT2D eigenvalue weighted by Crippen LogP contribution is 2.23. The zero-order valence-electron chi connectivity index (χ0n) is 17.9. The number of hydrogen-bond donors (Lipinski definition) is 1. The lowest BCUT2D eigenvalue weighted by Crippen LogP contribution is -2.50. The number of hydrogen-bond acceptors (Lipinski definition) is 4. The fraction of sp³-hybridized carbons (Fsp3) is 0.231. The monoisotopic (exact) mass is 426 g/mol. The predicted molar refractivity (Wildman–Crippen MR) is 125 cm³/mol. The van der Waals surface area contributed by atoms with Gasteiger partial charge in [0.25, 0.3) is 0 Å². The van der Waals surface area contributed by atoms with Gasteiger partial charge in [0, 0.05) is 38.4 Å². The van der Waals surface area contributed by atoms with Crippen LogP contribution in [0.5, 0.6) is 11.5 Å². The SMILES string of the molecule is N#Cc1ccc(Oc2ccc(NC(=O)N3CCN(CCc4ccccc4)CC3)cc2)cc1. The maximum absolute atomic E-state index is 12.6. The van der Waals surface area contributed by atoms with Crippen molar-refractivity contribution >= 4 is 11.7 Å². The molecule has 1 saturated heterocycles. The molecule has 2 amide bonds. The molecule has 3 aromatic carbocycles. The van der Waals surface area contributed by atoms with Gasteiger partial charge in [-0.1, -0.05) is 30.3 Å². The number of urea groups is 1. The van der Waals surface area contributed by atoms with Crippen molar-refractivity contribution in [3.05, 3.63) is 90.0 Å². The minimum Gasteiger partial charge on any atom is -0.457 e. The highest BCUT2D eigenvalue weighted by molar-refractivity contribution is 5.89. The number of amides is 2. The van der Waals surface area contributed by atoms with Crippen molar-refractivity contribution in [2.75, 3.05) is 38.0 Å². The van der Waals surface area contributed by atoms with Crippen LogP contribution in [0.2, 0.25) is 0 Å². The van der Waals surface area contributed by atoms with Gasteiger partial charge in [0.1, 0.15) is 11.5 Å². The van der Waals surface area contributed by atoms with Crippen molar-refractivity contribution in [1.82, 2.24) is 9.80 Å². The van der Waals surface area contributed by atoms with Crippen LogP contribution in [0.15, 0.2) is 78.9 Å². The average Bonchev–Trinajstić information content (AvgIpc) is 2.85. The van der Waals surface area contributed by atoms with E-state index in [2.05, 4.69) is 40.6 Å². The number of benzene rings is 3. The third-order valence-corrected chi connectivity index (χ3v) is 5.54. The molecule has 0 bridgehead atoms. The standard InChI is InChI=1S/C26H26N4O2/c27-20-22-6-10-24(11-7-22)32-25-12-8-23(9-13-25)28-26(31)30-18-16-29(17-19-30)15-14-21-4-2-1-3-5-21/h1-13H,14-19H2,(H,28,31). The van der Waals surface area contributed by atoms with Crippen LogP contribution in [-0.2, 0) is 6.42 Å². The molecule has 0 radical (unpaired) electrons. The molecule has 4 rings (SSSR count). The second kappa shape index (κ2) is 10.5. The van der Waals surface area contributed by atoms with Crippen LogP contribution in [-0.4, -0.2) is 48.6 Å². The molecule has 1 aliphatic heterocycles. The molecule has 0 unspecified atom stereocenters. The van der Waals surface area contributed by atoms with Gasteiger partial charge in [-0.15, -0.1) is 0 Å². The number of carbonyl (C=O) groups excluding carboxylic acids is 1. The van der Waals surface area contributed by atoms with E-state index < -0.39 is 0 Å². The lowest BCUT2D eigenvalue weighted by Gasteiger charge is -2.34. The number of rotatable bonds is 6. The average molecular weight is 427 g/mol. The molecule has 0 saturated carbocycles. The first-order valence-electron chi connectivity index (χ1n) is 10.8. The minimum atomic E-state index is -0.0755. The molecule has 1 aliphatic rings. The van der Waals surface area contributed by atoms with E-state index in [0.29, 0.717) is 17.1 Å². The maximum Gasteiger partial charge on any atom is 0.321 e. The van der Waals surface area contributed by atoms with Gasteiger partial charge in [0.05, 0.1) is 11.6 Å². The van der Waals surface area contributed by atoms with E-state index in [1.54, 1.807) is 24.3 Å². The van der Waals surface area contributed by atoms with Crippen LogP contribution >= 0.6 is 0 Å². The van der Waals surface area contributed by atoms with Gasteiger partial charge in [-0.05, 0) is 60.5 Å². The van der Waals surface area contributed by atoms with Gasteiger partial charge in [-0.2, -0.15) is 5.26 Å². The van der Waals surface area contributed by atoms with Gasteiger partial charge < -0.3 is 15.0 Å². The summed E-state index contributed by atoms with van der Waals surface area (Å²) >= 11 is 0. The number of ether oxygens (including phenoxy) is 1. The van der Waals surface area contributed by atoms with E-state index in [4.69, 9.17) is 10.00 Å². The van der Waals surface area contributed by atoms with Gasteiger partial charge in [0.15, 0.2) is 0 Å². The van der Waals surface area contributed by atoms with E-state index in [-0.39, 0.29) is 6.03 Å². The Morgan fingerprint density at radius 1 is 0.875 bits per heavy atom. The third-order valence-electron chi connectivity index (χ3n) is 5.54. The predicted octanol–water partition coefficient (Wildman–Crippen LogP) is 4.74. The number of nitriles is 1. The van der Waals surface area contributed by atoms with Gasteiger partial charge in [-0.25, -0.2) is 4.79 Å². The number of carbonyl (C=O) groups is 1. The summed E-state index contributed by atoms with van der Waals surface area (Å²) in [5.74, 6) is 1.32.